The molecule has 6 rings (SSSR count). The molecular weight excluding hydrogens is 512 g/mol. The van der Waals surface area contributed by atoms with E-state index in [0.717, 1.165) is 24.3 Å². The van der Waals surface area contributed by atoms with Crippen LogP contribution in [0.2, 0.25) is 0 Å². The molecule has 3 saturated heterocycles. The molecule has 3 aliphatic rings. The monoisotopic (exact) mass is 554 g/mol. The van der Waals surface area contributed by atoms with E-state index in [9.17, 15) is 9.59 Å². The maximum Gasteiger partial charge on any atom is 0.222 e. The average Bonchev–Trinajstić information content (AvgIpc) is 2.97. The molecule has 0 aromatic heterocycles. The molecule has 0 saturated carbocycles. The molecule has 3 heterocycles. The van der Waals surface area contributed by atoms with Crippen molar-refractivity contribution in [3.63, 3.8) is 0 Å². The Morgan fingerprint density at radius 1 is 0.951 bits per heavy atom. The summed E-state index contributed by atoms with van der Waals surface area (Å²) < 4.78 is 5.74. The smallest absolute Gasteiger partial charge is 0.222 e. The van der Waals surface area contributed by atoms with Gasteiger partial charge in [-0.3, -0.25) is 14.5 Å². The Hall–Kier alpha value is -3.68. The minimum absolute atomic E-state index is 0.00537. The zero-order valence-corrected chi connectivity index (χ0v) is 24.2. The van der Waals surface area contributed by atoms with Crippen molar-refractivity contribution in [2.75, 3.05) is 13.7 Å². The van der Waals surface area contributed by atoms with E-state index in [4.69, 9.17) is 16.2 Å². The van der Waals surface area contributed by atoms with Gasteiger partial charge in [0.05, 0.1) is 13.0 Å². The molecule has 5 N–H and O–H groups in total. The summed E-state index contributed by atoms with van der Waals surface area (Å²) in [5.74, 6) is -0.0678. The maximum absolute atomic E-state index is 13.0. The Morgan fingerprint density at radius 2 is 1.59 bits per heavy atom. The van der Waals surface area contributed by atoms with Gasteiger partial charge in [0.2, 0.25) is 11.8 Å². The highest BCUT2D eigenvalue weighted by molar-refractivity contribution is 5.81. The first-order chi connectivity index (χ1) is 19.8. The SMILES string of the molecule is COc1ccc(C(C)C)cc1CNC1C2CCN(C(CC(N)=O)C2C(N)=O)C1C(c1ccccc1)c1ccccc1. The van der Waals surface area contributed by atoms with Crippen LogP contribution in [0, 0.1) is 11.8 Å². The molecule has 3 aliphatic heterocycles. The van der Waals surface area contributed by atoms with Crippen LogP contribution in [0.15, 0.2) is 78.9 Å². The van der Waals surface area contributed by atoms with Crippen LogP contribution >= 0.6 is 0 Å². The van der Waals surface area contributed by atoms with Gasteiger partial charge in [0.25, 0.3) is 0 Å². The van der Waals surface area contributed by atoms with Crippen LogP contribution in [0.25, 0.3) is 0 Å². The number of carbonyl (C=O) groups is 2. The molecule has 0 spiro atoms. The van der Waals surface area contributed by atoms with Gasteiger partial charge in [-0.2, -0.15) is 0 Å². The highest BCUT2D eigenvalue weighted by Gasteiger charge is 2.56. The number of carbonyl (C=O) groups excluding carboxylic acids is 2. The van der Waals surface area contributed by atoms with Crippen LogP contribution in [-0.2, 0) is 16.1 Å². The fraction of sp³-hybridized carbons (Fsp3) is 0.412. The summed E-state index contributed by atoms with van der Waals surface area (Å²) in [6, 6.07) is 26.9. The number of rotatable bonds is 11. The van der Waals surface area contributed by atoms with Gasteiger partial charge in [0.15, 0.2) is 0 Å². The van der Waals surface area contributed by atoms with E-state index in [1.165, 1.54) is 16.7 Å². The second-order valence-electron chi connectivity index (χ2n) is 11.8. The van der Waals surface area contributed by atoms with E-state index in [0.29, 0.717) is 12.5 Å². The number of piperidine rings is 3. The van der Waals surface area contributed by atoms with Crippen LogP contribution < -0.4 is 21.5 Å². The van der Waals surface area contributed by atoms with Crippen molar-refractivity contribution in [3.8, 4) is 5.75 Å². The van der Waals surface area contributed by atoms with E-state index in [1.54, 1.807) is 7.11 Å². The molecule has 2 amide bonds. The van der Waals surface area contributed by atoms with E-state index in [2.05, 4.69) is 84.7 Å². The van der Waals surface area contributed by atoms with E-state index in [-0.39, 0.29) is 42.3 Å². The van der Waals surface area contributed by atoms with Gasteiger partial charge in [-0.25, -0.2) is 0 Å². The van der Waals surface area contributed by atoms with Crippen molar-refractivity contribution in [1.82, 2.24) is 10.2 Å². The topological polar surface area (TPSA) is 111 Å². The standard InChI is InChI=1S/C34H42N4O3/c1-21(2)24-14-15-28(41-3)25(18-24)20-37-32-26-16-17-38(27(19-29(35)39)31(26)34(36)40)33(32)30(22-10-6-4-7-11-22)23-12-8-5-9-13-23/h4-15,18,21,26-27,30-33,37H,16-17,19-20H2,1-3H3,(H2,35,39)(H2,36,40). The van der Waals surface area contributed by atoms with Gasteiger partial charge in [-0.05, 0) is 47.6 Å². The van der Waals surface area contributed by atoms with Gasteiger partial charge in [-0.15, -0.1) is 0 Å². The normalized spacial score (nSPS) is 25.4. The third kappa shape index (κ3) is 5.88. The molecule has 3 aromatic rings. The Balaban J connectivity index is 1.61. The second-order valence-corrected chi connectivity index (χ2v) is 11.8. The van der Waals surface area contributed by atoms with E-state index < -0.39 is 11.8 Å². The summed E-state index contributed by atoms with van der Waals surface area (Å²) >= 11 is 0. The predicted octanol–water partition coefficient (Wildman–Crippen LogP) is 4.16. The van der Waals surface area contributed by atoms with Crippen molar-refractivity contribution in [2.24, 2.45) is 23.3 Å². The number of primary amides is 2. The second kappa shape index (κ2) is 12.5. The molecule has 0 radical (unpaired) electrons. The number of methoxy groups -OCH3 is 1. The number of hydrogen-bond acceptors (Lipinski definition) is 5. The van der Waals surface area contributed by atoms with Gasteiger partial charge in [-0.1, -0.05) is 86.6 Å². The number of nitrogens with two attached hydrogens (primary N) is 2. The largest absolute Gasteiger partial charge is 0.496 e. The van der Waals surface area contributed by atoms with Crippen molar-refractivity contribution in [2.45, 2.75) is 63.2 Å². The highest BCUT2D eigenvalue weighted by Crippen LogP contribution is 2.48. The Bertz CT molecular complexity index is 1310. The molecule has 3 aromatic carbocycles. The number of ether oxygens (including phenoxy) is 1. The third-order valence-electron chi connectivity index (χ3n) is 9.13. The highest BCUT2D eigenvalue weighted by atomic mass is 16.5. The van der Waals surface area contributed by atoms with Crippen molar-refractivity contribution >= 4 is 11.8 Å². The molecule has 0 aliphatic carbocycles. The van der Waals surface area contributed by atoms with Crippen LogP contribution in [0.5, 0.6) is 5.75 Å². The van der Waals surface area contributed by atoms with Crippen molar-refractivity contribution in [3.05, 3.63) is 101 Å². The Kier molecular flexibility index (Phi) is 8.76. The summed E-state index contributed by atoms with van der Waals surface area (Å²) in [5.41, 5.74) is 16.5. The zero-order valence-electron chi connectivity index (χ0n) is 24.2. The molecule has 41 heavy (non-hydrogen) atoms. The number of nitrogens with one attached hydrogen (secondary N) is 1. The number of fused-ring (bicyclic) bond motifs is 3. The van der Waals surface area contributed by atoms with Gasteiger partial charge >= 0.3 is 0 Å². The number of amides is 2. The van der Waals surface area contributed by atoms with Gasteiger partial charge < -0.3 is 21.5 Å². The molecule has 7 heteroatoms. The van der Waals surface area contributed by atoms with Gasteiger partial charge in [0.1, 0.15) is 5.75 Å². The molecule has 6 atom stereocenters. The van der Waals surface area contributed by atoms with Crippen molar-refractivity contribution in [1.29, 1.82) is 0 Å². The first-order valence-corrected chi connectivity index (χ1v) is 14.6. The molecule has 6 unspecified atom stereocenters. The summed E-state index contributed by atoms with van der Waals surface area (Å²) in [5, 5.41) is 3.89. The Morgan fingerprint density at radius 3 is 2.12 bits per heavy atom. The first kappa shape index (κ1) is 28.8. The summed E-state index contributed by atoms with van der Waals surface area (Å²) in [7, 11) is 1.70. The van der Waals surface area contributed by atoms with Crippen LogP contribution in [-0.4, -0.2) is 48.5 Å². The lowest BCUT2D eigenvalue weighted by atomic mass is 9.63. The lowest BCUT2D eigenvalue weighted by molar-refractivity contribution is -0.143. The van der Waals surface area contributed by atoms with Crippen molar-refractivity contribution < 1.29 is 14.3 Å². The van der Waals surface area contributed by atoms with Crippen LogP contribution in [0.1, 0.15) is 60.8 Å². The minimum atomic E-state index is -0.471. The van der Waals surface area contributed by atoms with Gasteiger partial charge in [0, 0.05) is 42.6 Å². The molecule has 216 valence electrons. The molecule has 2 bridgehead atoms. The Labute approximate surface area is 243 Å². The van der Waals surface area contributed by atoms with E-state index in [1.807, 2.05) is 18.2 Å². The molecular formula is C34H42N4O3. The number of nitrogens with zero attached hydrogens (tertiary/aromatic N) is 1. The van der Waals surface area contributed by atoms with E-state index >= 15 is 0 Å². The predicted molar refractivity (Wildman–Crippen MR) is 161 cm³/mol. The maximum atomic E-state index is 13.0. The lowest BCUT2D eigenvalue weighted by Gasteiger charge is -2.60. The lowest BCUT2D eigenvalue weighted by Crippen LogP contribution is -2.72. The summed E-state index contributed by atoms with van der Waals surface area (Å²) in [4.78, 5) is 27.6. The summed E-state index contributed by atoms with van der Waals surface area (Å²) in [6.45, 7) is 5.72. The summed E-state index contributed by atoms with van der Waals surface area (Å²) in [6.07, 6.45) is 0.921. The molecule has 7 nitrogen and oxygen atoms in total. The van der Waals surface area contributed by atoms with Crippen LogP contribution in [0.3, 0.4) is 0 Å². The fourth-order valence-corrected chi connectivity index (χ4v) is 7.32. The van der Waals surface area contributed by atoms with Crippen LogP contribution in [0.4, 0.5) is 0 Å². The third-order valence-corrected chi connectivity index (χ3v) is 9.13. The first-order valence-electron chi connectivity index (χ1n) is 14.6. The fourth-order valence-electron chi connectivity index (χ4n) is 7.32. The number of benzene rings is 3. The minimum Gasteiger partial charge on any atom is -0.496 e. The molecule has 3 fully saturated rings. The zero-order chi connectivity index (χ0) is 29.1. The average molecular weight is 555 g/mol. The quantitative estimate of drug-likeness (QED) is 0.330. The number of hydrogen-bond donors (Lipinski definition) is 3.